The van der Waals surface area contributed by atoms with Crippen LogP contribution in [0.15, 0.2) is 0 Å². The van der Waals surface area contributed by atoms with Gasteiger partial charge in [-0.1, -0.05) is 20.3 Å². The SMILES string of the molecule is CC(C)[C@H](NC(=O)[C@@H](N)CCCCN)C(=O)NCC(N)=O. The lowest BCUT2D eigenvalue weighted by Crippen LogP contribution is -2.54. The zero-order valence-corrected chi connectivity index (χ0v) is 12.7. The normalized spacial score (nSPS) is 13.6. The predicted molar refractivity (Wildman–Crippen MR) is 79.9 cm³/mol. The molecule has 2 atom stereocenters. The molecule has 0 rings (SSSR count). The van der Waals surface area contributed by atoms with Crippen LogP contribution in [-0.2, 0) is 14.4 Å². The van der Waals surface area contributed by atoms with Crippen LogP contribution in [0.25, 0.3) is 0 Å². The number of primary amides is 1. The van der Waals surface area contributed by atoms with Crippen LogP contribution in [0.2, 0.25) is 0 Å². The molecule has 0 aromatic carbocycles. The summed E-state index contributed by atoms with van der Waals surface area (Å²) in [6.45, 7) is 3.86. The molecule has 0 aliphatic heterocycles. The molecule has 3 amide bonds. The van der Waals surface area contributed by atoms with Gasteiger partial charge in [0.25, 0.3) is 0 Å². The Bertz CT molecular complexity index is 360. The number of amides is 3. The van der Waals surface area contributed by atoms with Crippen molar-refractivity contribution >= 4 is 17.7 Å². The van der Waals surface area contributed by atoms with Gasteiger partial charge in [-0.3, -0.25) is 14.4 Å². The van der Waals surface area contributed by atoms with E-state index in [1.165, 1.54) is 0 Å². The molecule has 0 saturated heterocycles. The first kappa shape index (κ1) is 19.3. The zero-order valence-electron chi connectivity index (χ0n) is 12.7. The van der Waals surface area contributed by atoms with Crippen LogP contribution < -0.4 is 27.8 Å². The summed E-state index contributed by atoms with van der Waals surface area (Å²) in [5.74, 6) is -1.63. The Kier molecular flexibility index (Phi) is 9.31. The fraction of sp³-hybridized carbons (Fsp3) is 0.769. The minimum absolute atomic E-state index is 0.141. The van der Waals surface area contributed by atoms with Crippen molar-refractivity contribution in [2.24, 2.45) is 23.1 Å². The fourth-order valence-electron chi connectivity index (χ4n) is 1.72. The molecule has 0 aliphatic carbocycles. The van der Waals surface area contributed by atoms with Gasteiger partial charge in [-0.25, -0.2) is 0 Å². The van der Waals surface area contributed by atoms with Crippen LogP contribution in [0, 0.1) is 5.92 Å². The molecule has 0 aliphatic rings. The lowest BCUT2D eigenvalue weighted by molar-refractivity contribution is -0.131. The van der Waals surface area contributed by atoms with E-state index < -0.39 is 23.9 Å². The number of nitrogens with two attached hydrogens (primary N) is 3. The molecule has 0 aromatic rings. The van der Waals surface area contributed by atoms with Crippen molar-refractivity contribution in [1.29, 1.82) is 0 Å². The van der Waals surface area contributed by atoms with Gasteiger partial charge in [0.2, 0.25) is 17.7 Å². The summed E-state index contributed by atoms with van der Waals surface area (Å²) in [4.78, 5) is 34.5. The summed E-state index contributed by atoms with van der Waals surface area (Å²) in [6, 6.07) is -1.43. The summed E-state index contributed by atoms with van der Waals surface area (Å²) in [5.41, 5.74) is 16.1. The van der Waals surface area contributed by atoms with E-state index in [9.17, 15) is 14.4 Å². The third kappa shape index (κ3) is 8.26. The van der Waals surface area contributed by atoms with Gasteiger partial charge in [0.15, 0.2) is 0 Å². The van der Waals surface area contributed by atoms with Gasteiger partial charge in [-0.05, 0) is 25.3 Å². The molecule has 0 saturated carbocycles. The van der Waals surface area contributed by atoms with Crippen LogP contribution in [0.4, 0.5) is 0 Å². The maximum Gasteiger partial charge on any atom is 0.243 e. The van der Waals surface area contributed by atoms with E-state index in [0.29, 0.717) is 13.0 Å². The van der Waals surface area contributed by atoms with E-state index in [1.807, 2.05) is 0 Å². The number of hydrogen-bond donors (Lipinski definition) is 5. The van der Waals surface area contributed by atoms with Crippen molar-refractivity contribution in [3.8, 4) is 0 Å². The lowest BCUT2D eigenvalue weighted by atomic mass is 10.0. The predicted octanol–water partition coefficient (Wildman–Crippen LogP) is -1.81. The average molecular weight is 301 g/mol. The number of carbonyl (C=O) groups is 3. The molecule has 122 valence electrons. The highest BCUT2D eigenvalue weighted by Gasteiger charge is 2.26. The Morgan fingerprint density at radius 3 is 2.19 bits per heavy atom. The topological polar surface area (TPSA) is 153 Å². The molecule has 0 aromatic heterocycles. The quantitative estimate of drug-likeness (QED) is 0.301. The number of rotatable bonds is 10. The molecule has 8 N–H and O–H groups in total. The third-order valence-electron chi connectivity index (χ3n) is 2.99. The molecule has 21 heavy (non-hydrogen) atoms. The molecule has 0 fully saturated rings. The van der Waals surface area contributed by atoms with Gasteiger partial charge in [-0.15, -0.1) is 0 Å². The van der Waals surface area contributed by atoms with Gasteiger partial charge < -0.3 is 27.8 Å². The molecular formula is C13H27N5O3. The molecule has 0 unspecified atom stereocenters. The second kappa shape index (κ2) is 10.1. The van der Waals surface area contributed by atoms with Crippen molar-refractivity contribution in [2.75, 3.05) is 13.1 Å². The minimum Gasteiger partial charge on any atom is -0.368 e. The van der Waals surface area contributed by atoms with Gasteiger partial charge in [0, 0.05) is 0 Å². The smallest absolute Gasteiger partial charge is 0.243 e. The summed E-state index contributed by atoms with van der Waals surface area (Å²) in [7, 11) is 0. The highest BCUT2D eigenvalue weighted by Crippen LogP contribution is 2.04. The van der Waals surface area contributed by atoms with Gasteiger partial charge >= 0.3 is 0 Å². The first-order valence-electron chi connectivity index (χ1n) is 7.11. The first-order chi connectivity index (χ1) is 9.79. The zero-order chi connectivity index (χ0) is 16.4. The molecule has 8 nitrogen and oxygen atoms in total. The Balaban J connectivity index is 4.44. The van der Waals surface area contributed by atoms with Crippen LogP contribution in [-0.4, -0.2) is 42.9 Å². The average Bonchev–Trinajstić information content (AvgIpc) is 2.41. The molecular weight excluding hydrogens is 274 g/mol. The highest BCUT2D eigenvalue weighted by atomic mass is 16.2. The Hall–Kier alpha value is -1.67. The largest absolute Gasteiger partial charge is 0.368 e. The number of carbonyl (C=O) groups excluding carboxylic acids is 3. The van der Waals surface area contributed by atoms with Crippen LogP contribution in [0.1, 0.15) is 33.1 Å². The molecule has 0 spiro atoms. The van der Waals surface area contributed by atoms with E-state index in [1.54, 1.807) is 13.8 Å². The first-order valence-corrected chi connectivity index (χ1v) is 7.11. The van der Waals surface area contributed by atoms with Crippen molar-refractivity contribution in [3.63, 3.8) is 0 Å². The maximum absolute atomic E-state index is 12.0. The Morgan fingerprint density at radius 1 is 1.10 bits per heavy atom. The molecule has 8 heteroatoms. The highest BCUT2D eigenvalue weighted by molar-refractivity contribution is 5.91. The fourth-order valence-corrected chi connectivity index (χ4v) is 1.72. The number of nitrogens with one attached hydrogen (secondary N) is 2. The van der Waals surface area contributed by atoms with E-state index in [0.717, 1.165) is 12.8 Å². The summed E-state index contributed by atoms with van der Waals surface area (Å²) >= 11 is 0. The summed E-state index contributed by atoms with van der Waals surface area (Å²) in [5, 5.41) is 4.98. The third-order valence-corrected chi connectivity index (χ3v) is 2.99. The van der Waals surface area contributed by atoms with E-state index in [-0.39, 0.29) is 18.4 Å². The van der Waals surface area contributed by atoms with Crippen molar-refractivity contribution in [3.05, 3.63) is 0 Å². The van der Waals surface area contributed by atoms with Crippen LogP contribution >= 0.6 is 0 Å². The number of unbranched alkanes of at least 4 members (excludes halogenated alkanes) is 1. The van der Waals surface area contributed by atoms with Crippen LogP contribution in [0.5, 0.6) is 0 Å². The maximum atomic E-state index is 12.0. The molecule has 0 bridgehead atoms. The van der Waals surface area contributed by atoms with E-state index in [4.69, 9.17) is 17.2 Å². The van der Waals surface area contributed by atoms with Gasteiger partial charge in [-0.2, -0.15) is 0 Å². The van der Waals surface area contributed by atoms with Crippen molar-refractivity contribution < 1.29 is 14.4 Å². The molecule has 0 radical (unpaired) electrons. The van der Waals surface area contributed by atoms with E-state index in [2.05, 4.69) is 10.6 Å². The van der Waals surface area contributed by atoms with Crippen molar-refractivity contribution in [1.82, 2.24) is 10.6 Å². The van der Waals surface area contributed by atoms with Gasteiger partial charge in [0.1, 0.15) is 6.04 Å². The second-order valence-corrected chi connectivity index (χ2v) is 5.31. The van der Waals surface area contributed by atoms with E-state index >= 15 is 0 Å². The van der Waals surface area contributed by atoms with Crippen molar-refractivity contribution in [2.45, 2.75) is 45.2 Å². The second-order valence-electron chi connectivity index (χ2n) is 5.31. The standard InChI is InChI=1S/C13H27N5O3/c1-8(2)11(13(21)17-7-10(16)19)18-12(20)9(15)5-3-4-6-14/h8-9,11H,3-7,14-15H2,1-2H3,(H2,16,19)(H,17,21)(H,18,20)/t9-,11-/m0/s1. The minimum atomic E-state index is -0.752. The monoisotopic (exact) mass is 301 g/mol. The summed E-state index contributed by atoms with van der Waals surface area (Å²) < 4.78 is 0. The van der Waals surface area contributed by atoms with Crippen LogP contribution in [0.3, 0.4) is 0 Å². The Morgan fingerprint density at radius 2 is 1.71 bits per heavy atom. The Labute approximate surface area is 125 Å². The summed E-state index contributed by atoms with van der Waals surface area (Å²) in [6.07, 6.45) is 2.07. The van der Waals surface area contributed by atoms with Gasteiger partial charge in [0.05, 0.1) is 12.6 Å². The lowest BCUT2D eigenvalue weighted by Gasteiger charge is -2.23. The number of hydrogen-bond acceptors (Lipinski definition) is 5. The molecule has 0 heterocycles.